The Balaban J connectivity index is 1.49. The van der Waals surface area contributed by atoms with Gasteiger partial charge >= 0.3 is 6.36 Å². The number of aromatic nitrogens is 4. The Morgan fingerprint density at radius 3 is 2.63 bits per heavy atom. The van der Waals surface area contributed by atoms with E-state index in [0.29, 0.717) is 17.9 Å². The van der Waals surface area contributed by atoms with Crippen LogP contribution >= 0.6 is 11.3 Å². The van der Waals surface area contributed by atoms with E-state index in [-0.39, 0.29) is 5.75 Å². The molecule has 6 nitrogen and oxygen atoms in total. The van der Waals surface area contributed by atoms with Gasteiger partial charge in [0, 0.05) is 41.1 Å². The predicted octanol–water partition coefficient (Wildman–Crippen LogP) is 7.19. The van der Waals surface area contributed by atoms with E-state index in [1.54, 1.807) is 18.5 Å². The number of alkyl halides is 3. The molecular formula is C25H20F3N5OS. The fourth-order valence-corrected chi connectivity index (χ4v) is 4.61. The standard InChI is InChI=1S/C25H20F3N5OS/c1-3-33-22-10-15(2)19(31-24-32-21(14-35-24)17-7-5-9-29-13-17)12-20(22)30-23(33)16-6-4-8-18(11-16)34-25(26,27)28/h4-14H,3H2,1-2H3,(H,31,32). The first kappa shape index (κ1) is 22.9. The van der Waals surface area contributed by atoms with E-state index >= 15 is 0 Å². The number of thiazole rings is 1. The molecule has 0 bridgehead atoms. The minimum absolute atomic E-state index is 0.281. The van der Waals surface area contributed by atoms with Crippen LogP contribution < -0.4 is 10.1 Å². The van der Waals surface area contributed by atoms with Crippen molar-refractivity contribution >= 4 is 33.2 Å². The monoisotopic (exact) mass is 495 g/mol. The van der Waals surface area contributed by atoms with E-state index in [4.69, 9.17) is 4.98 Å². The van der Waals surface area contributed by atoms with Crippen LogP contribution in [-0.4, -0.2) is 25.9 Å². The maximum Gasteiger partial charge on any atom is 0.573 e. The number of benzene rings is 2. The number of nitrogens with one attached hydrogen (secondary N) is 1. The molecule has 0 unspecified atom stereocenters. The summed E-state index contributed by atoms with van der Waals surface area (Å²) in [5.41, 5.74) is 5.77. The highest BCUT2D eigenvalue weighted by atomic mass is 32.1. The van der Waals surface area contributed by atoms with Gasteiger partial charge in [0.25, 0.3) is 0 Å². The van der Waals surface area contributed by atoms with Gasteiger partial charge in [-0.25, -0.2) is 9.97 Å². The van der Waals surface area contributed by atoms with Gasteiger partial charge in [0.15, 0.2) is 5.13 Å². The second-order valence-corrected chi connectivity index (χ2v) is 8.67. The van der Waals surface area contributed by atoms with E-state index in [9.17, 15) is 13.2 Å². The van der Waals surface area contributed by atoms with Crippen LogP contribution in [0.4, 0.5) is 24.0 Å². The first-order chi connectivity index (χ1) is 16.8. The zero-order valence-electron chi connectivity index (χ0n) is 18.8. The summed E-state index contributed by atoms with van der Waals surface area (Å²) < 4.78 is 44.2. The SMILES string of the molecule is CCn1c(-c2cccc(OC(F)(F)F)c2)nc2cc(Nc3nc(-c4cccnc4)cs3)c(C)cc21. The zero-order chi connectivity index (χ0) is 24.6. The largest absolute Gasteiger partial charge is 0.573 e. The highest BCUT2D eigenvalue weighted by molar-refractivity contribution is 7.14. The molecule has 35 heavy (non-hydrogen) atoms. The van der Waals surface area contributed by atoms with Gasteiger partial charge in [0.2, 0.25) is 0 Å². The van der Waals surface area contributed by atoms with Crippen LogP contribution in [-0.2, 0) is 6.54 Å². The average molecular weight is 496 g/mol. The summed E-state index contributed by atoms with van der Waals surface area (Å²) in [7, 11) is 0. The van der Waals surface area contributed by atoms with Crippen LogP contribution in [0.3, 0.4) is 0 Å². The molecule has 1 N–H and O–H groups in total. The maximum atomic E-state index is 12.7. The van der Waals surface area contributed by atoms with Crippen molar-refractivity contribution in [1.29, 1.82) is 0 Å². The number of halogens is 3. The van der Waals surface area contributed by atoms with Crippen LogP contribution in [0.1, 0.15) is 12.5 Å². The lowest BCUT2D eigenvalue weighted by atomic mass is 10.1. The van der Waals surface area contributed by atoms with E-state index < -0.39 is 6.36 Å². The highest BCUT2D eigenvalue weighted by Crippen LogP contribution is 2.34. The Labute approximate surface area is 203 Å². The molecule has 0 fully saturated rings. The Hall–Kier alpha value is -3.92. The van der Waals surface area contributed by atoms with Gasteiger partial charge in [-0.2, -0.15) is 0 Å². The molecule has 0 aliphatic carbocycles. The number of aryl methyl sites for hydroxylation is 2. The van der Waals surface area contributed by atoms with Crippen molar-refractivity contribution in [3.8, 4) is 28.4 Å². The van der Waals surface area contributed by atoms with Crippen molar-refractivity contribution in [2.75, 3.05) is 5.32 Å². The summed E-state index contributed by atoms with van der Waals surface area (Å²) in [5, 5.41) is 6.07. The third-order valence-electron chi connectivity index (χ3n) is 5.44. The third-order valence-corrected chi connectivity index (χ3v) is 6.20. The maximum absolute atomic E-state index is 12.7. The van der Waals surface area contributed by atoms with Gasteiger partial charge in [-0.15, -0.1) is 24.5 Å². The highest BCUT2D eigenvalue weighted by Gasteiger charge is 2.31. The van der Waals surface area contributed by atoms with Crippen molar-refractivity contribution in [3.05, 3.63) is 71.9 Å². The van der Waals surface area contributed by atoms with E-state index in [1.165, 1.54) is 29.5 Å². The van der Waals surface area contributed by atoms with Crippen molar-refractivity contribution < 1.29 is 17.9 Å². The Kier molecular flexibility index (Phi) is 5.89. The first-order valence-electron chi connectivity index (χ1n) is 10.8. The Bertz CT molecular complexity index is 1490. The molecule has 10 heteroatoms. The van der Waals surface area contributed by atoms with Gasteiger partial charge in [-0.3, -0.25) is 4.98 Å². The summed E-state index contributed by atoms with van der Waals surface area (Å²) in [5.74, 6) is 0.288. The number of anilines is 2. The molecule has 2 aromatic carbocycles. The molecule has 178 valence electrons. The van der Waals surface area contributed by atoms with Gasteiger partial charge in [0.1, 0.15) is 11.6 Å². The topological polar surface area (TPSA) is 64.9 Å². The Morgan fingerprint density at radius 1 is 1.06 bits per heavy atom. The molecular weight excluding hydrogens is 475 g/mol. The molecule has 0 atom stereocenters. The number of fused-ring (bicyclic) bond motifs is 1. The molecule has 0 aliphatic heterocycles. The number of imidazole rings is 1. The average Bonchev–Trinajstić information content (AvgIpc) is 3.43. The third kappa shape index (κ3) is 4.83. The van der Waals surface area contributed by atoms with Crippen LogP contribution in [0.5, 0.6) is 5.75 Å². The number of pyridine rings is 1. The number of rotatable bonds is 6. The molecule has 0 saturated heterocycles. The van der Waals surface area contributed by atoms with Crippen molar-refractivity contribution in [3.63, 3.8) is 0 Å². The summed E-state index contributed by atoms with van der Waals surface area (Å²) in [6, 6.07) is 13.6. The van der Waals surface area contributed by atoms with Crippen LogP contribution in [0.25, 0.3) is 33.7 Å². The van der Waals surface area contributed by atoms with Crippen molar-refractivity contribution in [2.24, 2.45) is 0 Å². The lowest BCUT2D eigenvalue weighted by molar-refractivity contribution is -0.274. The summed E-state index contributed by atoms with van der Waals surface area (Å²) in [6.07, 6.45) is -1.27. The normalized spacial score (nSPS) is 11.7. The summed E-state index contributed by atoms with van der Waals surface area (Å²) >= 11 is 1.49. The molecule has 5 rings (SSSR count). The molecule has 0 amide bonds. The lowest BCUT2D eigenvalue weighted by Gasteiger charge is -2.11. The van der Waals surface area contributed by atoms with Gasteiger partial charge in [-0.1, -0.05) is 12.1 Å². The molecule has 5 aromatic rings. The minimum atomic E-state index is -4.76. The molecule has 3 aromatic heterocycles. The fraction of sp³-hybridized carbons (Fsp3) is 0.160. The number of nitrogens with zero attached hydrogens (tertiary/aromatic N) is 4. The minimum Gasteiger partial charge on any atom is -0.406 e. The van der Waals surface area contributed by atoms with Crippen LogP contribution in [0.2, 0.25) is 0 Å². The zero-order valence-corrected chi connectivity index (χ0v) is 19.6. The summed E-state index contributed by atoms with van der Waals surface area (Å²) in [6.45, 7) is 4.56. The van der Waals surface area contributed by atoms with E-state index in [1.807, 2.05) is 48.1 Å². The number of hydrogen-bond donors (Lipinski definition) is 1. The number of ether oxygens (including phenoxy) is 1. The smallest absolute Gasteiger partial charge is 0.406 e. The Morgan fingerprint density at radius 2 is 1.89 bits per heavy atom. The fourth-order valence-electron chi connectivity index (χ4n) is 3.88. The number of hydrogen-bond acceptors (Lipinski definition) is 6. The predicted molar refractivity (Wildman–Crippen MR) is 131 cm³/mol. The quantitative estimate of drug-likeness (QED) is 0.270. The van der Waals surface area contributed by atoms with Gasteiger partial charge in [-0.05, 0) is 55.8 Å². The lowest BCUT2D eigenvalue weighted by Crippen LogP contribution is -2.17. The second-order valence-electron chi connectivity index (χ2n) is 7.82. The van der Waals surface area contributed by atoms with E-state index in [0.717, 1.165) is 38.7 Å². The van der Waals surface area contributed by atoms with E-state index in [2.05, 4.69) is 20.0 Å². The van der Waals surface area contributed by atoms with Crippen molar-refractivity contribution in [2.45, 2.75) is 26.8 Å². The van der Waals surface area contributed by atoms with Crippen LogP contribution in [0.15, 0.2) is 66.3 Å². The molecule has 0 spiro atoms. The van der Waals surface area contributed by atoms with Crippen molar-refractivity contribution in [1.82, 2.24) is 19.5 Å². The molecule has 3 heterocycles. The van der Waals surface area contributed by atoms with Crippen LogP contribution in [0, 0.1) is 6.92 Å². The first-order valence-corrected chi connectivity index (χ1v) is 11.7. The second kappa shape index (κ2) is 9.03. The molecule has 0 radical (unpaired) electrons. The molecule has 0 saturated carbocycles. The summed E-state index contributed by atoms with van der Waals surface area (Å²) in [4.78, 5) is 13.5. The molecule has 0 aliphatic rings. The van der Waals surface area contributed by atoms with Gasteiger partial charge in [0.05, 0.1) is 16.7 Å². The van der Waals surface area contributed by atoms with Gasteiger partial charge < -0.3 is 14.6 Å².